The van der Waals surface area contributed by atoms with E-state index < -0.39 is 6.10 Å². The third-order valence-electron chi connectivity index (χ3n) is 10.3. The molecule has 0 bridgehead atoms. The van der Waals surface area contributed by atoms with Crippen LogP contribution >= 0.6 is 0 Å². The topological polar surface area (TPSA) is 78.9 Å². The SMILES string of the molecule is CC\C=C/C=C\C=C/C=C\C=C\C=C/C=C\CCCCCC(=O)OCC(COC(=O)CCCCCCCCCCCCCC)OC(=O)CCCCCCC/C=C\CCCCC. The molecule has 0 N–H and O–H groups in total. The zero-order valence-corrected chi connectivity index (χ0v) is 39.4. The van der Waals surface area contributed by atoms with Gasteiger partial charge in [-0.2, -0.15) is 0 Å². The van der Waals surface area contributed by atoms with Crippen molar-refractivity contribution in [3.05, 3.63) is 97.2 Å². The first-order chi connectivity index (χ1) is 30.0. The molecule has 0 radical (unpaired) electrons. The molecule has 346 valence electrons. The first kappa shape index (κ1) is 57.3. The quantitative estimate of drug-likeness (QED) is 0.0200. The van der Waals surface area contributed by atoms with Gasteiger partial charge in [0.05, 0.1) is 0 Å². The molecule has 0 aliphatic heterocycles. The second kappa shape index (κ2) is 49.0. The molecule has 0 spiro atoms. The van der Waals surface area contributed by atoms with Crippen molar-refractivity contribution in [1.82, 2.24) is 0 Å². The molecule has 0 aliphatic rings. The van der Waals surface area contributed by atoms with Gasteiger partial charge in [0, 0.05) is 19.3 Å². The van der Waals surface area contributed by atoms with E-state index in [1.807, 2.05) is 72.9 Å². The monoisotopic (exact) mass is 847 g/mol. The first-order valence-electron chi connectivity index (χ1n) is 24.8. The number of esters is 3. The number of carbonyl (C=O) groups excluding carboxylic acids is 3. The Morgan fingerprint density at radius 1 is 0.344 bits per heavy atom. The minimum absolute atomic E-state index is 0.0953. The molecule has 6 nitrogen and oxygen atoms in total. The van der Waals surface area contributed by atoms with Crippen molar-refractivity contribution < 1.29 is 28.6 Å². The summed E-state index contributed by atoms with van der Waals surface area (Å²) < 4.78 is 16.7. The van der Waals surface area contributed by atoms with Crippen molar-refractivity contribution in [2.75, 3.05) is 13.2 Å². The van der Waals surface area contributed by atoms with Crippen molar-refractivity contribution >= 4 is 17.9 Å². The van der Waals surface area contributed by atoms with Gasteiger partial charge in [0.1, 0.15) is 13.2 Å². The molecule has 0 fully saturated rings. The van der Waals surface area contributed by atoms with Crippen LogP contribution < -0.4 is 0 Å². The molecule has 61 heavy (non-hydrogen) atoms. The smallest absolute Gasteiger partial charge is 0.306 e. The fourth-order valence-electron chi connectivity index (χ4n) is 6.54. The van der Waals surface area contributed by atoms with Gasteiger partial charge in [-0.1, -0.05) is 227 Å². The van der Waals surface area contributed by atoms with Gasteiger partial charge < -0.3 is 14.2 Å². The van der Waals surface area contributed by atoms with E-state index >= 15 is 0 Å². The zero-order valence-electron chi connectivity index (χ0n) is 39.4. The summed E-state index contributed by atoms with van der Waals surface area (Å²) in [6.45, 7) is 6.40. The number of ether oxygens (including phenoxy) is 3. The third kappa shape index (κ3) is 47.2. The van der Waals surface area contributed by atoms with Crippen LogP contribution in [0.25, 0.3) is 0 Å². The average molecular weight is 847 g/mol. The summed E-state index contributed by atoms with van der Waals surface area (Å²) in [5, 5.41) is 0. The van der Waals surface area contributed by atoms with Crippen LogP contribution in [-0.4, -0.2) is 37.2 Å². The van der Waals surface area contributed by atoms with Gasteiger partial charge in [0.25, 0.3) is 0 Å². The van der Waals surface area contributed by atoms with Gasteiger partial charge in [-0.25, -0.2) is 0 Å². The van der Waals surface area contributed by atoms with Crippen LogP contribution in [0.1, 0.15) is 213 Å². The van der Waals surface area contributed by atoms with Crippen molar-refractivity contribution in [2.45, 2.75) is 219 Å². The summed E-state index contributed by atoms with van der Waals surface area (Å²) >= 11 is 0. The molecule has 0 aliphatic carbocycles. The molecule has 0 amide bonds. The van der Waals surface area contributed by atoms with E-state index in [0.717, 1.165) is 83.5 Å². The molecular weight excluding hydrogens is 757 g/mol. The average Bonchev–Trinajstić information content (AvgIpc) is 3.26. The summed E-state index contributed by atoms with van der Waals surface area (Å²) in [7, 11) is 0. The molecule has 0 heterocycles. The summed E-state index contributed by atoms with van der Waals surface area (Å²) in [6, 6.07) is 0. The van der Waals surface area contributed by atoms with E-state index in [2.05, 4.69) is 45.1 Å². The summed E-state index contributed by atoms with van der Waals surface area (Å²) in [5.41, 5.74) is 0. The Morgan fingerprint density at radius 3 is 1.10 bits per heavy atom. The molecule has 0 rings (SSSR count). The molecule has 1 atom stereocenters. The number of allylic oxidation sites excluding steroid dienone is 16. The highest BCUT2D eigenvalue weighted by molar-refractivity contribution is 5.71. The van der Waals surface area contributed by atoms with Gasteiger partial charge >= 0.3 is 17.9 Å². The van der Waals surface area contributed by atoms with Crippen LogP contribution in [0.2, 0.25) is 0 Å². The predicted molar refractivity (Wildman–Crippen MR) is 260 cm³/mol. The third-order valence-corrected chi connectivity index (χ3v) is 10.3. The summed E-state index contributed by atoms with van der Waals surface area (Å²) in [4.78, 5) is 37.9. The van der Waals surface area contributed by atoms with Crippen molar-refractivity contribution in [2.24, 2.45) is 0 Å². The lowest BCUT2D eigenvalue weighted by molar-refractivity contribution is -0.167. The maximum Gasteiger partial charge on any atom is 0.306 e. The molecule has 0 aromatic heterocycles. The Morgan fingerprint density at radius 2 is 0.656 bits per heavy atom. The number of carbonyl (C=O) groups is 3. The fourth-order valence-corrected chi connectivity index (χ4v) is 6.54. The highest BCUT2D eigenvalue weighted by Gasteiger charge is 2.19. The van der Waals surface area contributed by atoms with Crippen LogP contribution in [0.5, 0.6) is 0 Å². The molecule has 0 aromatic rings. The molecule has 0 saturated carbocycles. The van der Waals surface area contributed by atoms with Crippen molar-refractivity contribution in [1.29, 1.82) is 0 Å². The van der Waals surface area contributed by atoms with Gasteiger partial charge in [-0.15, -0.1) is 0 Å². The van der Waals surface area contributed by atoms with Crippen LogP contribution in [-0.2, 0) is 28.6 Å². The van der Waals surface area contributed by atoms with Gasteiger partial charge in [0.15, 0.2) is 6.10 Å². The second-order valence-corrected chi connectivity index (χ2v) is 16.2. The maximum atomic E-state index is 12.7. The molecule has 6 heteroatoms. The van der Waals surface area contributed by atoms with E-state index in [0.29, 0.717) is 19.3 Å². The van der Waals surface area contributed by atoms with E-state index in [1.165, 1.54) is 89.9 Å². The Bertz CT molecular complexity index is 1250. The van der Waals surface area contributed by atoms with Crippen LogP contribution in [0.4, 0.5) is 0 Å². The minimum atomic E-state index is -0.798. The predicted octanol–water partition coefficient (Wildman–Crippen LogP) is 16.2. The van der Waals surface area contributed by atoms with E-state index in [9.17, 15) is 14.4 Å². The summed E-state index contributed by atoms with van der Waals surface area (Å²) in [6.07, 6.45) is 63.8. The lowest BCUT2D eigenvalue weighted by Gasteiger charge is -2.18. The number of hydrogen-bond acceptors (Lipinski definition) is 6. The first-order valence-corrected chi connectivity index (χ1v) is 24.8. The van der Waals surface area contributed by atoms with Crippen molar-refractivity contribution in [3.8, 4) is 0 Å². The Labute approximate surface area is 375 Å². The minimum Gasteiger partial charge on any atom is -0.462 e. The molecule has 1 unspecified atom stereocenters. The molecule has 0 aromatic carbocycles. The zero-order chi connectivity index (χ0) is 44.4. The standard InChI is InChI=1S/C55H90O6/c1-4-7-10-13-16-19-22-25-26-27-28-29-30-31-34-36-39-42-45-48-54(57)60-51-52(61-55(58)49-46-43-40-37-33-24-21-18-15-12-9-6-3)50-59-53(56)47-44-41-38-35-32-23-20-17-14-11-8-5-2/h7,10,13,16,18-19,21-22,25-31,34,52H,4-6,8-9,11-12,14-15,17,20,23-24,32-33,35-51H2,1-3H3/b10-7-,16-13-,21-18-,22-19-,26-25-,28-27+,30-29-,34-31-. The van der Waals surface area contributed by atoms with E-state index in [4.69, 9.17) is 14.2 Å². The van der Waals surface area contributed by atoms with Gasteiger partial charge in [0.2, 0.25) is 0 Å². The highest BCUT2D eigenvalue weighted by atomic mass is 16.6. The molecular formula is C55H90O6. The lowest BCUT2D eigenvalue weighted by Crippen LogP contribution is -2.30. The van der Waals surface area contributed by atoms with Crippen molar-refractivity contribution in [3.63, 3.8) is 0 Å². The van der Waals surface area contributed by atoms with Crippen LogP contribution in [0.15, 0.2) is 97.2 Å². The fraction of sp³-hybridized carbons (Fsp3) is 0.655. The Balaban J connectivity index is 4.49. The number of rotatable bonds is 43. The highest BCUT2D eigenvalue weighted by Crippen LogP contribution is 2.14. The lowest BCUT2D eigenvalue weighted by atomic mass is 10.0. The van der Waals surface area contributed by atoms with E-state index in [-0.39, 0.29) is 31.1 Å². The largest absolute Gasteiger partial charge is 0.462 e. The number of unbranched alkanes of at least 4 members (excludes halogenated alkanes) is 22. The normalized spacial score (nSPS) is 12.9. The molecule has 0 saturated heterocycles. The Kier molecular flexibility index (Phi) is 46.0. The van der Waals surface area contributed by atoms with Gasteiger partial charge in [-0.3, -0.25) is 14.4 Å². The Hall–Kier alpha value is -3.67. The second-order valence-electron chi connectivity index (χ2n) is 16.2. The van der Waals surface area contributed by atoms with Gasteiger partial charge in [-0.05, 0) is 64.2 Å². The van der Waals surface area contributed by atoms with E-state index in [1.54, 1.807) is 0 Å². The number of hydrogen-bond donors (Lipinski definition) is 0. The summed E-state index contributed by atoms with van der Waals surface area (Å²) in [5.74, 6) is -0.956. The van der Waals surface area contributed by atoms with Crippen LogP contribution in [0, 0.1) is 0 Å². The maximum absolute atomic E-state index is 12.7. The van der Waals surface area contributed by atoms with Crippen LogP contribution in [0.3, 0.4) is 0 Å².